The molecule has 9 nitrogen and oxygen atoms in total. The van der Waals surface area contributed by atoms with Crippen molar-refractivity contribution < 1.29 is 36.3 Å². The summed E-state index contributed by atoms with van der Waals surface area (Å²) in [5, 5.41) is 13.2. The molecule has 0 radical (unpaired) electrons. The van der Waals surface area contributed by atoms with Crippen LogP contribution in [0.4, 0.5) is 14.5 Å². The van der Waals surface area contributed by atoms with Crippen LogP contribution in [0.25, 0.3) is 55.6 Å². The number of anilines is 1. The lowest BCUT2D eigenvalue weighted by Crippen LogP contribution is -2.25. The van der Waals surface area contributed by atoms with Gasteiger partial charge in [-0.3, -0.25) is 13.9 Å². The number of carbonyl (C=O) groups is 2. The Morgan fingerprint density at radius 2 is 1.61 bits per heavy atom. The van der Waals surface area contributed by atoms with Crippen LogP contribution in [0.2, 0.25) is 0 Å². The summed E-state index contributed by atoms with van der Waals surface area (Å²) in [5.74, 6) is -2.30. The van der Waals surface area contributed by atoms with E-state index in [9.17, 15) is 31.9 Å². The normalized spacial score (nSPS) is 11.7. The zero-order valence-corrected chi connectivity index (χ0v) is 25.7. The second-order valence-corrected chi connectivity index (χ2v) is 12.8. The number of aromatic nitrogens is 1. The van der Waals surface area contributed by atoms with Crippen molar-refractivity contribution in [1.29, 1.82) is 0 Å². The first-order valence-corrected chi connectivity index (χ1v) is 15.8. The Balaban J connectivity index is 1.62. The fraction of sp³-hybridized carbons (Fsp3) is 0.118. The maximum atomic E-state index is 14.1. The zero-order valence-electron chi connectivity index (χ0n) is 24.8. The number of amides is 1. The molecule has 0 aliphatic carbocycles. The van der Waals surface area contributed by atoms with Gasteiger partial charge in [-0.2, -0.15) is 0 Å². The molecule has 0 aliphatic rings. The maximum absolute atomic E-state index is 14.1. The van der Waals surface area contributed by atoms with Crippen molar-refractivity contribution in [3.63, 3.8) is 0 Å². The number of furan rings is 1. The summed E-state index contributed by atoms with van der Waals surface area (Å²) in [6.07, 6.45) is 1.06. The Kier molecular flexibility index (Phi) is 7.61. The number of rotatable bonds is 8. The lowest BCUT2D eigenvalue weighted by atomic mass is 9.96. The summed E-state index contributed by atoms with van der Waals surface area (Å²) in [4.78, 5) is 25.0. The lowest BCUT2D eigenvalue weighted by molar-refractivity contribution is -0.137. The van der Waals surface area contributed by atoms with Gasteiger partial charge in [0.2, 0.25) is 10.0 Å². The molecule has 46 heavy (non-hydrogen) atoms. The highest BCUT2D eigenvalue weighted by molar-refractivity contribution is 7.92. The van der Waals surface area contributed by atoms with Crippen LogP contribution < -0.4 is 9.62 Å². The lowest BCUT2D eigenvalue weighted by Gasteiger charge is -2.21. The number of nitrogens with zero attached hydrogens (tertiary/aromatic N) is 2. The summed E-state index contributed by atoms with van der Waals surface area (Å²) >= 11 is 0. The number of halogens is 2. The molecule has 0 unspecified atom stereocenters. The Morgan fingerprint density at radius 1 is 0.913 bits per heavy atom. The monoisotopic (exact) mass is 643 g/mol. The van der Waals surface area contributed by atoms with Gasteiger partial charge in [-0.25, -0.2) is 17.2 Å². The molecule has 2 heterocycles. The molecule has 0 spiro atoms. The van der Waals surface area contributed by atoms with Crippen LogP contribution >= 0.6 is 0 Å². The second-order valence-electron chi connectivity index (χ2n) is 10.8. The minimum Gasteiger partial charge on any atom is -0.480 e. The Labute approximate surface area is 262 Å². The molecule has 1 amide bonds. The molecule has 0 fully saturated rings. The fourth-order valence-corrected chi connectivity index (χ4v) is 6.10. The van der Waals surface area contributed by atoms with Crippen LogP contribution in [0.3, 0.4) is 0 Å². The van der Waals surface area contributed by atoms with E-state index in [1.54, 1.807) is 41.0 Å². The topological polar surface area (TPSA) is 122 Å². The van der Waals surface area contributed by atoms with Crippen LogP contribution in [0, 0.1) is 11.6 Å². The largest absolute Gasteiger partial charge is 0.480 e. The van der Waals surface area contributed by atoms with Gasteiger partial charge < -0.3 is 19.4 Å². The van der Waals surface area contributed by atoms with Gasteiger partial charge in [-0.05, 0) is 71.8 Å². The summed E-state index contributed by atoms with van der Waals surface area (Å²) in [6.45, 7) is -0.376. The average Bonchev–Trinajstić information content (AvgIpc) is 3.57. The van der Waals surface area contributed by atoms with Crippen LogP contribution in [-0.4, -0.2) is 50.3 Å². The van der Waals surface area contributed by atoms with Gasteiger partial charge in [0.15, 0.2) is 0 Å². The highest BCUT2D eigenvalue weighted by Crippen LogP contribution is 2.42. The molecule has 0 saturated carbocycles. The van der Waals surface area contributed by atoms with Crippen molar-refractivity contribution in [1.82, 2.24) is 9.88 Å². The number of hydrogen-bond acceptors (Lipinski definition) is 5. The third kappa shape index (κ3) is 5.47. The minimum atomic E-state index is -3.77. The van der Waals surface area contributed by atoms with Crippen LogP contribution in [-0.2, 0) is 21.4 Å². The fourth-order valence-electron chi connectivity index (χ4n) is 5.59. The van der Waals surface area contributed by atoms with Crippen LogP contribution in [0.15, 0.2) is 89.3 Å². The van der Waals surface area contributed by atoms with E-state index in [1.807, 2.05) is 0 Å². The van der Waals surface area contributed by atoms with Gasteiger partial charge in [-0.1, -0.05) is 18.2 Å². The third-order valence-electron chi connectivity index (χ3n) is 7.83. The van der Waals surface area contributed by atoms with Crippen LogP contribution in [0.5, 0.6) is 0 Å². The van der Waals surface area contributed by atoms with E-state index >= 15 is 0 Å². The summed E-state index contributed by atoms with van der Waals surface area (Å²) < 4.78 is 62.2. The van der Waals surface area contributed by atoms with Gasteiger partial charge in [0.1, 0.15) is 29.5 Å². The molecule has 2 aromatic heterocycles. The smallest absolute Gasteiger partial charge is 0.323 e. The molecule has 0 aliphatic heterocycles. The molecule has 6 aromatic rings. The molecule has 6 rings (SSSR count). The van der Waals surface area contributed by atoms with E-state index < -0.39 is 33.5 Å². The van der Waals surface area contributed by atoms with E-state index in [2.05, 4.69) is 5.32 Å². The highest BCUT2D eigenvalue weighted by atomic mass is 32.2. The Morgan fingerprint density at radius 3 is 2.28 bits per heavy atom. The predicted octanol–water partition coefficient (Wildman–Crippen LogP) is 6.51. The molecule has 0 saturated heterocycles. The van der Waals surface area contributed by atoms with Gasteiger partial charge in [-0.15, -0.1) is 0 Å². The molecule has 12 heteroatoms. The van der Waals surface area contributed by atoms with Crippen molar-refractivity contribution in [3.8, 4) is 33.7 Å². The van der Waals surface area contributed by atoms with E-state index in [1.165, 1.54) is 62.6 Å². The Bertz CT molecular complexity index is 2290. The minimum absolute atomic E-state index is 0.179. The Hall–Kier alpha value is -5.49. The van der Waals surface area contributed by atoms with Gasteiger partial charge in [0, 0.05) is 53.3 Å². The number of carboxylic acid groups (broad SMARTS) is 1. The SMILES string of the molecule is CNC(=O)c1c(-c2ccc(F)cc2)oc2cc(N(C)S(C)(=O)=O)c(-c3cccc(-c4cc5cc(F)ccc5n4CC(=O)O)c3)cc12. The predicted molar refractivity (Wildman–Crippen MR) is 172 cm³/mol. The number of nitrogens with one attached hydrogen (secondary N) is 1. The first-order chi connectivity index (χ1) is 21.8. The molecule has 2 N–H and O–H groups in total. The molecular weight excluding hydrogens is 616 g/mol. The van der Waals surface area contributed by atoms with Gasteiger partial charge in [0.05, 0.1) is 17.5 Å². The van der Waals surface area contributed by atoms with Gasteiger partial charge in [0.25, 0.3) is 5.91 Å². The van der Waals surface area contributed by atoms with Crippen molar-refractivity contribution in [2.24, 2.45) is 0 Å². The number of sulfonamides is 1. The highest BCUT2D eigenvalue weighted by Gasteiger charge is 2.26. The van der Waals surface area contributed by atoms with E-state index in [0.717, 1.165) is 10.6 Å². The van der Waals surface area contributed by atoms with Crippen molar-refractivity contribution in [2.75, 3.05) is 24.7 Å². The standard InChI is InChI=1S/C34H27F2N3O6S/c1-37-34(42)32-26-16-25(29(38(2)46(3,43)44)17-30(26)45-33(32)19-7-9-23(35)10-8-19)20-5-4-6-21(13-20)28-15-22-14-24(36)11-12-27(22)39(28)18-31(40)41/h4-17H,18H2,1-3H3,(H,37,42)(H,40,41). The van der Waals surface area contributed by atoms with Crippen molar-refractivity contribution in [3.05, 3.63) is 102 Å². The number of carbonyl (C=O) groups excluding carboxylic acids is 1. The molecule has 4 aromatic carbocycles. The molecule has 0 bridgehead atoms. The first kappa shape index (κ1) is 30.5. The third-order valence-corrected chi connectivity index (χ3v) is 9.02. The number of hydrogen-bond donors (Lipinski definition) is 2. The van der Waals surface area contributed by atoms with E-state index in [-0.39, 0.29) is 29.1 Å². The first-order valence-electron chi connectivity index (χ1n) is 14.0. The van der Waals surface area contributed by atoms with Crippen LogP contribution in [0.1, 0.15) is 10.4 Å². The zero-order chi connectivity index (χ0) is 32.9. The van der Waals surface area contributed by atoms with Gasteiger partial charge >= 0.3 is 5.97 Å². The molecule has 234 valence electrons. The number of aliphatic carboxylic acids is 1. The quantitative estimate of drug-likeness (QED) is 0.195. The molecule has 0 atom stereocenters. The summed E-state index contributed by atoms with van der Waals surface area (Å²) in [7, 11) is -0.913. The summed E-state index contributed by atoms with van der Waals surface area (Å²) in [6, 6.07) is 21.5. The van der Waals surface area contributed by atoms with E-state index in [4.69, 9.17) is 4.42 Å². The number of fused-ring (bicyclic) bond motifs is 2. The summed E-state index contributed by atoms with van der Waals surface area (Å²) in [5.41, 5.74) is 3.73. The van der Waals surface area contributed by atoms with Crippen molar-refractivity contribution >= 4 is 49.5 Å². The average molecular weight is 644 g/mol. The number of carboxylic acids is 1. The van der Waals surface area contributed by atoms with E-state index in [0.29, 0.717) is 44.2 Å². The maximum Gasteiger partial charge on any atom is 0.323 e. The number of benzene rings is 4. The molecular formula is C34H27F2N3O6S. The second kappa shape index (κ2) is 11.5. The van der Waals surface area contributed by atoms with Crippen molar-refractivity contribution in [2.45, 2.75) is 6.54 Å².